The van der Waals surface area contributed by atoms with Crippen LogP contribution in [0.3, 0.4) is 0 Å². The van der Waals surface area contributed by atoms with E-state index < -0.39 is 0 Å². The number of nitrogens with one attached hydrogen (secondary N) is 1. The molecule has 104 valence electrons. The molecule has 0 radical (unpaired) electrons. The van der Waals surface area contributed by atoms with Crippen molar-refractivity contribution in [1.82, 2.24) is 20.3 Å². The molecule has 1 aromatic carbocycles. The number of aromatic nitrogens is 3. The monoisotopic (exact) mass is 294 g/mol. The Morgan fingerprint density at radius 3 is 3.00 bits per heavy atom. The van der Waals surface area contributed by atoms with Crippen molar-refractivity contribution in [2.24, 2.45) is 0 Å². The fourth-order valence-electron chi connectivity index (χ4n) is 2.58. The van der Waals surface area contributed by atoms with Crippen molar-refractivity contribution in [1.29, 1.82) is 0 Å². The zero-order valence-electron chi connectivity index (χ0n) is 11.4. The Labute approximate surface area is 126 Å². The van der Waals surface area contributed by atoms with Crippen LogP contribution in [-0.2, 0) is 13.0 Å². The van der Waals surface area contributed by atoms with Crippen molar-refractivity contribution >= 4 is 11.3 Å². The van der Waals surface area contributed by atoms with Crippen LogP contribution in [0.15, 0.2) is 42.2 Å². The smallest absolute Gasteiger partial charge is 0.142 e. The SMILES string of the molecule is c1cc(-c2nc(-c3ccc4c(c3)CCNC4)cs2)ncn1. The molecule has 1 aliphatic rings. The number of hydrogen-bond acceptors (Lipinski definition) is 5. The summed E-state index contributed by atoms with van der Waals surface area (Å²) in [6.07, 6.45) is 4.39. The van der Waals surface area contributed by atoms with E-state index in [9.17, 15) is 0 Å². The fraction of sp³-hybridized carbons (Fsp3) is 0.188. The lowest BCUT2D eigenvalue weighted by atomic mass is 9.98. The number of hydrogen-bond donors (Lipinski definition) is 1. The highest BCUT2D eigenvalue weighted by Gasteiger charge is 2.12. The first-order valence-corrected chi connectivity index (χ1v) is 7.83. The molecule has 0 spiro atoms. The molecule has 1 N–H and O–H groups in total. The van der Waals surface area contributed by atoms with Gasteiger partial charge in [-0.1, -0.05) is 12.1 Å². The Kier molecular flexibility index (Phi) is 3.21. The summed E-state index contributed by atoms with van der Waals surface area (Å²) in [6, 6.07) is 8.53. The zero-order valence-corrected chi connectivity index (χ0v) is 12.2. The first-order chi connectivity index (χ1) is 10.4. The third-order valence-corrected chi connectivity index (χ3v) is 4.56. The second-order valence-electron chi connectivity index (χ2n) is 5.04. The van der Waals surface area contributed by atoms with Crippen LogP contribution >= 0.6 is 11.3 Å². The number of thiazole rings is 1. The lowest BCUT2D eigenvalue weighted by Gasteiger charge is -2.17. The van der Waals surface area contributed by atoms with Crippen LogP contribution in [0.2, 0.25) is 0 Å². The molecule has 4 nitrogen and oxygen atoms in total. The lowest BCUT2D eigenvalue weighted by Crippen LogP contribution is -2.23. The van der Waals surface area contributed by atoms with E-state index in [1.807, 2.05) is 6.07 Å². The highest BCUT2D eigenvalue weighted by atomic mass is 32.1. The Morgan fingerprint density at radius 1 is 1.10 bits per heavy atom. The molecule has 3 aromatic rings. The first kappa shape index (κ1) is 12.6. The van der Waals surface area contributed by atoms with Crippen LogP contribution in [0.25, 0.3) is 22.0 Å². The third kappa shape index (κ3) is 2.46. The van der Waals surface area contributed by atoms with E-state index in [1.165, 1.54) is 16.7 Å². The van der Waals surface area contributed by atoms with Crippen molar-refractivity contribution in [3.63, 3.8) is 0 Å². The van der Waals surface area contributed by atoms with Gasteiger partial charge in [0.2, 0.25) is 0 Å². The second-order valence-corrected chi connectivity index (χ2v) is 5.90. The van der Waals surface area contributed by atoms with E-state index in [0.717, 1.165) is 35.9 Å². The van der Waals surface area contributed by atoms with Crippen LogP contribution in [0.5, 0.6) is 0 Å². The summed E-state index contributed by atoms with van der Waals surface area (Å²) >= 11 is 1.62. The highest BCUT2D eigenvalue weighted by molar-refractivity contribution is 7.13. The van der Waals surface area contributed by atoms with Crippen molar-refractivity contribution in [2.45, 2.75) is 13.0 Å². The Bertz CT molecular complexity index is 767. The summed E-state index contributed by atoms with van der Waals surface area (Å²) in [5.41, 5.74) is 5.92. The maximum atomic E-state index is 4.71. The average Bonchev–Trinajstić information content (AvgIpc) is 3.05. The minimum atomic E-state index is 0.878. The van der Waals surface area contributed by atoms with Gasteiger partial charge < -0.3 is 5.32 Å². The predicted molar refractivity (Wildman–Crippen MR) is 84.0 cm³/mol. The molecule has 1 aliphatic heterocycles. The molecule has 0 saturated carbocycles. The summed E-state index contributed by atoms with van der Waals surface area (Å²) in [7, 11) is 0. The normalized spacial score (nSPS) is 13.9. The maximum absolute atomic E-state index is 4.71. The molecule has 0 atom stereocenters. The van der Waals surface area contributed by atoms with Gasteiger partial charge in [0.05, 0.1) is 5.69 Å². The van der Waals surface area contributed by atoms with Gasteiger partial charge in [0.1, 0.15) is 17.0 Å². The van der Waals surface area contributed by atoms with Gasteiger partial charge in [0, 0.05) is 23.7 Å². The standard InChI is InChI=1S/C16H14N4S/c1-2-13-8-17-5-3-11(13)7-12(1)15-9-21-16(20-15)14-4-6-18-10-19-14/h1-2,4,6-7,9-10,17H,3,5,8H2. The highest BCUT2D eigenvalue weighted by Crippen LogP contribution is 2.29. The molecule has 21 heavy (non-hydrogen) atoms. The van der Waals surface area contributed by atoms with E-state index in [2.05, 4.69) is 38.9 Å². The van der Waals surface area contributed by atoms with Crippen LogP contribution < -0.4 is 5.32 Å². The van der Waals surface area contributed by atoms with Crippen LogP contribution in [0.4, 0.5) is 0 Å². The first-order valence-electron chi connectivity index (χ1n) is 6.95. The van der Waals surface area contributed by atoms with E-state index in [-0.39, 0.29) is 0 Å². The maximum Gasteiger partial charge on any atom is 0.142 e. The molecule has 0 bridgehead atoms. The minimum Gasteiger partial charge on any atom is -0.312 e. The molecule has 2 aromatic heterocycles. The summed E-state index contributed by atoms with van der Waals surface area (Å²) in [5, 5.41) is 6.43. The van der Waals surface area contributed by atoms with Crippen LogP contribution in [-0.4, -0.2) is 21.5 Å². The molecular formula is C16H14N4S. The number of nitrogens with zero attached hydrogens (tertiary/aromatic N) is 3. The number of benzene rings is 1. The summed E-state index contributed by atoms with van der Waals surface area (Å²) in [4.78, 5) is 12.9. The average molecular weight is 294 g/mol. The molecule has 0 fully saturated rings. The van der Waals surface area contributed by atoms with Gasteiger partial charge in [-0.2, -0.15) is 0 Å². The molecule has 3 heterocycles. The van der Waals surface area contributed by atoms with E-state index in [4.69, 9.17) is 4.98 Å². The molecule has 0 saturated heterocycles. The Morgan fingerprint density at radius 2 is 2.10 bits per heavy atom. The number of rotatable bonds is 2. The van der Waals surface area contributed by atoms with Gasteiger partial charge in [-0.3, -0.25) is 0 Å². The third-order valence-electron chi connectivity index (χ3n) is 3.69. The fourth-order valence-corrected chi connectivity index (χ4v) is 3.38. The molecule has 4 rings (SSSR count). The van der Waals surface area contributed by atoms with E-state index >= 15 is 0 Å². The molecular weight excluding hydrogens is 280 g/mol. The quantitative estimate of drug-likeness (QED) is 0.789. The van der Waals surface area contributed by atoms with Crippen LogP contribution in [0.1, 0.15) is 11.1 Å². The topological polar surface area (TPSA) is 50.7 Å². The van der Waals surface area contributed by atoms with Gasteiger partial charge in [0.15, 0.2) is 0 Å². The van der Waals surface area contributed by atoms with Crippen molar-refractivity contribution in [3.8, 4) is 22.0 Å². The number of fused-ring (bicyclic) bond motifs is 1. The van der Waals surface area contributed by atoms with Crippen LogP contribution in [0, 0.1) is 0 Å². The van der Waals surface area contributed by atoms with Gasteiger partial charge in [-0.25, -0.2) is 15.0 Å². The van der Waals surface area contributed by atoms with Crippen molar-refractivity contribution < 1.29 is 0 Å². The largest absolute Gasteiger partial charge is 0.312 e. The van der Waals surface area contributed by atoms with Gasteiger partial charge >= 0.3 is 0 Å². The zero-order chi connectivity index (χ0) is 14.1. The minimum absolute atomic E-state index is 0.878. The predicted octanol–water partition coefficient (Wildman–Crippen LogP) is 2.91. The van der Waals surface area contributed by atoms with Gasteiger partial charge in [-0.15, -0.1) is 11.3 Å². The summed E-state index contributed by atoms with van der Waals surface area (Å²) in [5.74, 6) is 0. The molecule has 5 heteroatoms. The van der Waals surface area contributed by atoms with E-state index in [0.29, 0.717) is 0 Å². The van der Waals surface area contributed by atoms with Gasteiger partial charge in [0.25, 0.3) is 0 Å². The molecule has 0 unspecified atom stereocenters. The van der Waals surface area contributed by atoms with Crippen molar-refractivity contribution in [2.75, 3.05) is 6.54 Å². The van der Waals surface area contributed by atoms with E-state index in [1.54, 1.807) is 23.9 Å². The summed E-state index contributed by atoms with van der Waals surface area (Å²) in [6.45, 7) is 2.03. The Balaban J connectivity index is 1.70. The molecule has 0 amide bonds. The summed E-state index contributed by atoms with van der Waals surface area (Å²) < 4.78 is 0. The lowest BCUT2D eigenvalue weighted by molar-refractivity contribution is 0.644. The van der Waals surface area contributed by atoms with Gasteiger partial charge in [-0.05, 0) is 36.2 Å². The Hall–Kier alpha value is -2.11. The second kappa shape index (κ2) is 5.35. The molecule has 0 aliphatic carbocycles. The van der Waals surface area contributed by atoms with Crippen molar-refractivity contribution in [3.05, 3.63) is 53.3 Å².